The number of benzene rings is 1. The minimum Gasteiger partial charge on any atom is -0.349 e. The maximum atomic E-state index is 12.4. The first-order chi connectivity index (χ1) is 11.7. The monoisotopic (exact) mass is 324 g/mol. The number of carbonyl (C=O) groups excluding carboxylic acids is 2. The summed E-state index contributed by atoms with van der Waals surface area (Å²) >= 11 is 0. The highest BCUT2D eigenvalue weighted by Crippen LogP contribution is 2.25. The highest BCUT2D eigenvalue weighted by atomic mass is 16.2. The summed E-state index contributed by atoms with van der Waals surface area (Å²) in [5.41, 5.74) is 1.37. The summed E-state index contributed by atoms with van der Waals surface area (Å²) in [5.74, 6) is -0.691. The SMILES string of the molecule is N#CCNC(=O)[C@@H]1CCCC[C@H]1NC(=O)c1ccc(CC#N)cc1. The standard InChI is InChI=1S/C18H20N4O2/c19-10-9-13-5-7-14(8-6-13)17(23)22-16-4-2-1-3-15(16)18(24)21-12-11-20/h5-8,15-16H,1-4,9,12H2,(H,21,24)(H,22,23)/t15-,16-/m1/s1. The van der Waals surface area contributed by atoms with Gasteiger partial charge in [0.2, 0.25) is 5.91 Å². The summed E-state index contributed by atoms with van der Waals surface area (Å²) in [6, 6.07) is 10.6. The number of amides is 2. The van der Waals surface area contributed by atoms with Crippen LogP contribution in [-0.4, -0.2) is 24.4 Å². The fraction of sp³-hybridized carbons (Fsp3) is 0.444. The lowest BCUT2D eigenvalue weighted by atomic mass is 9.83. The molecule has 2 rings (SSSR count). The van der Waals surface area contributed by atoms with Crippen molar-refractivity contribution in [2.24, 2.45) is 5.92 Å². The quantitative estimate of drug-likeness (QED) is 0.804. The van der Waals surface area contributed by atoms with E-state index in [-0.39, 0.29) is 30.3 Å². The average molecular weight is 324 g/mol. The van der Waals surface area contributed by atoms with Gasteiger partial charge < -0.3 is 10.6 Å². The van der Waals surface area contributed by atoms with Gasteiger partial charge in [0.25, 0.3) is 5.91 Å². The van der Waals surface area contributed by atoms with Crippen LogP contribution in [0.15, 0.2) is 24.3 Å². The van der Waals surface area contributed by atoms with Gasteiger partial charge in [-0.1, -0.05) is 25.0 Å². The van der Waals surface area contributed by atoms with Crippen LogP contribution in [0.1, 0.15) is 41.6 Å². The van der Waals surface area contributed by atoms with Gasteiger partial charge in [0.1, 0.15) is 6.54 Å². The Morgan fingerprint density at radius 3 is 2.46 bits per heavy atom. The molecule has 0 heterocycles. The van der Waals surface area contributed by atoms with Gasteiger partial charge in [-0.15, -0.1) is 0 Å². The van der Waals surface area contributed by atoms with Crippen LogP contribution in [0, 0.1) is 28.6 Å². The summed E-state index contributed by atoms with van der Waals surface area (Å²) in [5, 5.41) is 22.8. The number of hydrogen-bond acceptors (Lipinski definition) is 4. The second-order valence-corrected chi connectivity index (χ2v) is 5.88. The van der Waals surface area contributed by atoms with Gasteiger partial charge in [-0.25, -0.2) is 0 Å². The molecule has 1 fully saturated rings. The molecule has 0 aliphatic heterocycles. The van der Waals surface area contributed by atoms with E-state index in [0.29, 0.717) is 18.4 Å². The molecule has 0 bridgehead atoms. The smallest absolute Gasteiger partial charge is 0.251 e. The third-order valence-corrected chi connectivity index (χ3v) is 4.26. The molecule has 6 nitrogen and oxygen atoms in total. The third-order valence-electron chi connectivity index (χ3n) is 4.26. The lowest BCUT2D eigenvalue weighted by Crippen LogP contribution is -2.48. The average Bonchev–Trinajstić information content (AvgIpc) is 2.61. The Hall–Kier alpha value is -2.86. The lowest BCUT2D eigenvalue weighted by Gasteiger charge is -2.31. The number of nitrogens with one attached hydrogen (secondary N) is 2. The maximum absolute atomic E-state index is 12.4. The van der Waals surface area contributed by atoms with E-state index < -0.39 is 0 Å². The molecule has 2 atom stereocenters. The Bertz CT molecular complexity index is 670. The van der Waals surface area contributed by atoms with E-state index in [1.807, 2.05) is 6.07 Å². The molecule has 0 saturated heterocycles. The molecular weight excluding hydrogens is 304 g/mol. The van der Waals surface area contributed by atoms with E-state index >= 15 is 0 Å². The van der Waals surface area contributed by atoms with Crippen LogP contribution in [0.5, 0.6) is 0 Å². The van der Waals surface area contributed by atoms with Crippen molar-refractivity contribution >= 4 is 11.8 Å². The van der Waals surface area contributed by atoms with Gasteiger partial charge in [-0.2, -0.15) is 10.5 Å². The van der Waals surface area contributed by atoms with Crippen LogP contribution >= 0.6 is 0 Å². The minimum absolute atomic E-state index is 0.0175. The van der Waals surface area contributed by atoms with E-state index in [1.54, 1.807) is 24.3 Å². The predicted octanol–water partition coefficient (Wildman–Crippen LogP) is 1.68. The van der Waals surface area contributed by atoms with Gasteiger partial charge in [-0.05, 0) is 30.5 Å². The second-order valence-electron chi connectivity index (χ2n) is 5.88. The zero-order chi connectivity index (χ0) is 17.4. The predicted molar refractivity (Wildman–Crippen MR) is 87.6 cm³/mol. The van der Waals surface area contributed by atoms with Crippen molar-refractivity contribution in [3.8, 4) is 12.1 Å². The van der Waals surface area contributed by atoms with Crippen LogP contribution < -0.4 is 10.6 Å². The molecule has 1 aliphatic rings. The molecule has 0 unspecified atom stereocenters. The number of rotatable bonds is 5. The maximum Gasteiger partial charge on any atom is 0.251 e. The van der Waals surface area contributed by atoms with E-state index in [4.69, 9.17) is 10.5 Å². The van der Waals surface area contributed by atoms with Crippen molar-refractivity contribution in [2.75, 3.05) is 6.54 Å². The van der Waals surface area contributed by atoms with Crippen molar-refractivity contribution in [1.29, 1.82) is 10.5 Å². The molecule has 2 N–H and O–H groups in total. The summed E-state index contributed by atoms with van der Waals surface area (Å²) in [6.45, 7) is -0.0175. The van der Waals surface area contributed by atoms with E-state index in [0.717, 1.165) is 24.8 Å². The Labute approximate surface area is 141 Å². The fourth-order valence-corrected chi connectivity index (χ4v) is 2.99. The molecule has 24 heavy (non-hydrogen) atoms. The lowest BCUT2D eigenvalue weighted by molar-refractivity contribution is -0.126. The number of nitrogens with zero attached hydrogens (tertiary/aromatic N) is 2. The van der Waals surface area contributed by atoms with E-state index in [2.05, 4.69) is 16.7 Å². The van der Waals surface area contributed by atoms with Gasteiger partial charge in [0.15, 0.2) is 0 Å². The molecule has 0 radical (unpaired) electrons. The zero-order valence-electron chi connectivity index (χ0n) is 13.4. The number of carbonyl (C=O) groups is 2. The highest BCUT2D eigenvalue weighted by Gasteiger charge is 2.31. The van der Waals surface area contributed by atoms with Crippen molar-refractivity contribution in [2.45, 2.75) is 38.1 Å². The molecule has 0 spiro atoms. The molecule has 2 amide bonds. The Balaban J connectivity index is 2.01. The second kappa shape index (κ2) is 8.69. The van der Waals surface area contributed by atoms with Crippen LogP contribution in [0.3, 0.4) is 0 Å². The van der Waals surface area contributed by atoms with Crippen molar-refractivity contribution < 1.29 is 9.59 Å². The molecule has 6 heteroatoms. The molecule has 1 aliphatic carbocycles. The largest absolute Gasteiger partial charge is 0.349 e. The van der Waals surface area contributed by atoms with E-state index in [9.17, 15) is 9.59 Å². The first-order valence-electron chi connectivity index (χ1n) is 8.07. The van der Waals surface area contributed by atoms with Gasteiger partial charge >= 0.3 is 0 Å². The summed E-state index contributed by atoms with van der Waals surface area (Å²) in [6.07, 6.45) is 3.69. The molecule has 1 aromatic carbocycles. The summed E-state index contributed by atoms with van der Waals surface area (Å²) in [7, 11) is 0. The van der Waals surface area contributed by atoms with Gasteiger partial charge in [0.05, 0.1) is 24.5 Å². The Kier molecular flexibility index (Phi) is 6.33. The first-order valence-corrected chi connectivity index (χ1v) is 8.07. The van der Waals surface area contributed by atoms with Crippen molar-refractivity contribution in [3.63, 3.8) is 0 Å². The number of nitriles is 2. The van der Waals surface area contributed by atoms with E-state index in [1.165, 1.54) is 0 Å². The van der Waals surface area contributed by atoms with Crippen molar-refractivity contribution in [1.82, 2.24) is 10.6 Å². The third kappa shape index (κ3) is 4.57. The van der Waals surface area contributed by atoms with Crippen LogP contribution in [0.25, 0.3) is 0 Å². The minimum atomic E-state index is -0.297. The normalized spacial score (nSPS) is 19.6. The molecule has 124 valence electrons. The molecule has 1 saturated carbocycles. The fourth-order valence-electron chi connectivity index (χ4n) is 2.99. The Morgan fingerprint density at radius 1 is 1.08 bits per heavy atom. The van der Waals surface area contributed by atoms with Crippen LogP contribution in [0.4, 0.5) is 0 Å². The van der Waals surface area contributed by atoms with Crippen LogP contribution in [0.2, 0.25) is 0 Å². The van der Waals surface area contributed by atoms with Crippen molar-refractivity contribution in [3.05, 3.63) is 35.4 Å². The van der Waals surface area contributed by atoms with Gasteiger partial charge in [0, 0.05) is 11.6 Å². The zero-order valence-corrected chi connectivity index (χ0v) is 13.4. The summed E-state index contributed by atoms with van der Waals surface area (Å²) < 4.78 is 0. The first kappa shape index (κ1) is 17.5. The summed E-state index contributed by atoms with van der Waals surface area (Å²) in [4.78, 5) is 24.6. The van der Waals surface area contributed by atoms with Gasteiger partial charge in [-0.3, -0.25) is 9.59 Å². The topological polar surface area (TPSA) is 106 Å². The molecule has 0 aromatic heterocycles. The molecule has 1 aromatic rings. The highest BCUT2D eigenvalue weighted by molar-refractivity contribution is 5.95. The Morgan fingerprint density at radius 2 is 1.79 bits per heavy atom. The molecular formula is C18H20N4O2. The van der Waals surface area contributed by atoms with Crippen LogP contribution in [-0.2, 0) is 11.2 Å². The number of hydrogen-bond donors (Lipinski definition) is 2.